The number of hydrogen-bond donors (Lipinski definition) is 2. The van der Waals surface area contributed by atoms with Crippen molar-refractivity contribution in [1.29, 1.82) is 0 Å². The summed E-state index contributed by atoms with van der Waals surface area (Å²) in [5, 5.41) is 3.02. The van der Waals surface area contributed by atoms with Gasteiger partial charge in [-0.25, -0.2) is 0 Å². The monoisotopic (exact) mass is 270 g/mol. The molecule has 19 heavy (non-hydrogen) atoms. The van der Waals surface area contributed by atoms with Crippen molar-refractivity contribution in [3.05, 3.63) is 0 Å². The maximum Gasteiger partial charge on any atom is 0.249 e. The molecule has 0 aromatic carbocycles. The molecule has 0 heterocycles. The van der Waals surface area contributed by atoms with E-state index >= 15 is 0 Å². The second-order valence-electron chi connectivity index (χ2n) is 6.39. The Labute approximate surface area is 117 Å². The molecule has 1 saturated carbocycles. The van der Waals surface area contributed by atoms with Gasteiger partial charge in [0.2, 0.25) is 5.91 Å². The van der Waals surface area contributed by atoms with Gasteiger partial charge in [-0.2, -0.15) is 0 Å². The maximum absolute atomic E-state index is 12.0. The summed E-state index contributed by atoms with van der Waals surface area (Å²) in [5.41, 5.74) is 5.59. The number of nitrogens with two attached hydrogens (primary N) is 1. The van der Waals surface area contributed by atoms with Gasteiger partial charge in [-0.15, -0.1) is 0 Å². The summed E-state index contributed by atoms with van der Waals surface area (Å²) in [7, 11) is 0. The molecule has 4 nitrogen and oxygen atoms in total. The minimum absolute atomic E-state index is 0.0193. The molecule has 3 atom stereocenters. The van der Waals surface area contributed by atoms with E-state index in [-0.39, 0.29) is 17.6 Å². The van der Waals surface area contributed by atoms with Gasteiger partial charge in [-0.05, 0) is 58.4 Å². The van der Waals surface area contributed by atoms with Crippen molar-refractivity contribution in [2.45, 2.75) is 65.0 Å². The molecule has 3 N–H and O–H groups in total. The highest BCUT2D eigenvalue weighted by atomic mass is 16.5. The van der Waals surface area contributed by atoms with E-state index in [0.29, 0.717) is 18.4 Å². The Kier molecular flexibility index (Phi) is 6.27. The molecule has 0 saturated heterocycles. The van der Waals surface area contributed by atoms with E-state index in [1.54, 1.807) is 0 Å². The lowest BCUT2D eigenvalue weighted by molar-refractivity contribution is -0.134. The van der Waals surface area contributed by atoms with Gasteiger partial charge in [0.1, 0.15) is 6.10 Å². The van der Waals surface area contributed by atoms with Crippen LogP contribution in [0.3, 0.4) is 0 Å². The molecule has 112 valence electrons. The summed E-state index contributed by atoms with van der Waals surface area (Å²) in [5.74, 6) is 1.08. The van der Waals surface area contributed by atoms with Crippen LogP contribution in [0.4, 0.5) is 0 Å². The van der Waals surface area contributed by atoms with Gasteiger partial charge in [-0.1, -0.05) is 13.3 Å². The molecule has 1 aliphatic carbocycles. The van der Waals surface area contributed by atoms with Gasteiger partial charge in [0.25, 0.3) is 0 Å². The average Bonchev–Trinajstić information content (AvgIpc) is 2.82. The molecule has 0 aromatic heterocycles. The molecule has 3 unspecified atom stereocenters. The summed E-state index contributed by atoms with van der Waals surface area (Å²) in [6.07, 6.45) is 4.14. The zero-order valence-electron chi connectivity index (χ0n) is 12.9. The topological polar surface area (TPSA) is 64.3 Å². The molecular formula is C15H30N2O2. The van der Waals surface area contributed by atoms with Crippen LogP contribution in [0.2, 0.25) is 0 Å². The minimum atomic E-state index is -0.384. The first-order valence-corrected chi connectivity index (χ1v) is 7.53. The Balaban J connectivity index is 2.34. The predicted molar refractivity (Wildman–Crippen MR) is 77.8 cm³/mol. The standard InChI is InChI=1S/C15H30N2O2/c1-5-15(3,4)17-14(18)11(2)19-10-13-8-6-7-12(13)9-16/h11-13H,5-10,16H2,1-4H3,(H,17,18). The quantitative estimate of drug-likeness (QED) is 0.744. The minimum Gasteiger partial charge on any atom is -0.368 e. The van der Waals surface area contributed by atoms with Gasteiger partial charge in [0, 0.05) is 5.54 Å². The zero-order valence-corrected chi connectivity index (χ0v) is 12.9. The fourth-order valence-electron chi connectivity index (χ4n) is 2.51. The molecule has 1 rings (SSSR count). The van der Waals surface area contributed by atoms with E-state index in [1.807, 2.05) is 20.8 Å². The smallest absolute Gasteiger partial charge is 0.249 e. The average molecular weight is 270 g/mol. The molecule has 4 heteroatoms. The summed E-state index contributed by atoms with van der Waals surface area (Å²) < 4.78 is 5.74. The van der Waals surface area contributed by atoms with Gasteiger partial charge in [-0.3, -0.25) is 4.79 Å². The highest BCUT2D eigenvalue weighted by molar-refractivity contribution is 5.81. The summed E-state index contributed by atoms with van der Waals surface area (Å²) in [6, 6.07) is 0. The largest absolute Gasteiger partial charge is 0.368 e. The number of nitrogens with one attached hydrogen (secondary N) is 1. The first-order chi connectivity index (χ1) is 8.89. The van der Waals surface area contributed by atoms with E-state index in [2.05, 4.69) is 12.2 Å². The van der Waals surface area contributed by atoms with E-state index in [0.717, 1.165) is 13.0 Å². The SMILES string of the molecule is CCC(C)(C)NC(=O)C(C)OCC1CCCC1CN. The van der Waals surface area contributed by atoms with Crippen LogP contribution in [-0.2, 0) is 9.53 Å². The van der Waals surface area contributed by atoms with Gasteiger partial charge >= 0.3 is 0 Å². The van der Waals surface area contributed by atoms with E-state index in [4.69, 9.17) is 10.5 Å². The van der Waals surface area contributed by atoms with E-state index in [9.17, 15) is 4.79 Å². The van der Waals surface area contributed by atoms with Gasteiger partial charge in [0.15, 0.2) is 0 Å². The number of ether oxygens (including phenoxy) is 1. The number of carbonyl (C=O) groups excluding carboxylic acids is 1. The third kappa shape index (κ3) is 5.11. The lowest BCUT2D eigenvalue weighted by atomic mass is 9.97. The van der Waals surface area contributed by atoms with Crippen molar-refractivity contribution in [3.8, 4) is 0 Å². The van der Waals surface area contributed by atoms with Crippen molar-refractivity contribution in [1.82, 2.24) is 5.32 Å². The number of amides is 1. The molecule has 0 bridgehead atoms. The summed E-state index contributed by atoms with van der Waals surface area (Å²) in [4.78, 5) is 12.0. The van der Waals surface area contributed by atoms with Crippen LogP contribution in [0.25, 0.3) is 0 Å². The van der Waals surface area contributed by atoms with Crippen molar-refractivity contribution in [3.63, 3.8) is 0 Å². The number of rotatable bonds is 7. The van der Waals surface area contributed by atoms with Crippen LogP contribution >= 0.6 is 0 Å². The van der Waals surface area contributed by atoms with Crippen molar-refractivity contribution in [2.75, 3.05) is 13.2 Å². The summed E-state index contributed by atoms with van der Waals surface area (Å²) in [6.45, 7) is 9.34. The molecule has 1 amide bonds. The van der Waals surface area contributed by atoms with Crippen LogP contribution in [-0.4, -0.2) is 30.7 Å². The lowest BCUT2D eigenvalue weighted by Crippen LogP contribution is -2.47. The highest BCUT2D eigenvalue weighted by Crippen LogP contribution is 2.31. The second-order valence-corrected chi connectivity index (χ2v) is 6.39. The summed E-state index contributed by atoms with van der Waals surface area (Å²) >= 11 is 0. The molecule has 1 fully saturated rings. The van der Waals surface area contributed by atoms with Crippen LogP contribution < -0.4 is 11.1 Å². The molecule has 0 aliphatic heterocycles. The first-order valence-electron chi connectivity index (χ1n) is 7.53. The zero-order chi connectivity index (χ0) is 14.5. The Morgan fingerprint density at radius 3 is 2.63 bits per heavy atom. The molecule has 0 spiro atoms. The second kappa shape index (κ2) is 7.25. The van der Waals surface area contributed by atoms with E-state index in [1.165, 1.54) is 19.3 Å². The van der Waals surface area contributed by atoms with Gasteiger partial charge in [0.05, 0.1) is 6.61 Å². The van der Waals surface area contributed by atoms with Gasteiger partial charge < -0.3 is 15.8 Å². The predicted octanol–water partition coefficient (Wildman–Crippen LogP) is 2.07. The maximum atomic E-state index is 12.0. The molecule has 1 aliphatic rings. The fourth-order valence-corrected chi connectivity index (χ4v) is 2.51. The van der Waals surface area contributed by atoms with Crippen LogP contribution in [0, 0.1) is 11.8 Å². The Bertz CT molecular complexity index is 292. The van der Waals surface area contributed by atoms with Crippen LogP contribution in [0.5, 0.6) is 0 Å². The molecular weight excluding hydrogens is 240 g/mol. The Hall–Kier alpha value is -0.610. The van der Waals surface area contributed by atoms with E-state index < -0.39 is 0 Å². The normalized spacial score (nSPS) is 25.3. The fraction of sp³-hybridized carbons (Fsp3) is 0.933. The number of carbonyl (C=O) groups is 1. The number of hydrogen-bond acceptors (Lipinski definition) is 3. The van der Waals surface area contributed by atoms with Crippen molar-refractivity contribution >= 4 is 5.91 Å². The van der Waals surface area contributed by atoms with Crippen LogP contribution in [0.1, 0.15) is 53.4 Å². The third-order valence-corrected chi connectivity index (χ3v) is 4.39. The Morgan fingerprint density at radius 2 is 2.05 bits per heavy atom. The van der Waals surface area contributed by atoms with Crippen molar-refractivity contribution in [2.24, 2.45) is 17.6 Å². The van der Waals surface area contributed by atoms with Crippen molar-refractivity contribution < 1.29 is 9.53 Å². The molecule has 0 radical (unpaired) electrons. The first kappa shape index (κ1) is 16.4. The lowest BCUT2D eigenvalue weighted by Gasteiger charge is -2.27. The van der Waals surface area contributed by atoms with Crippen LogP contribution in [0.15, 0.2) is 0 Å². The molecule has 0 aromatic rings. The Morgan fingerprint density at radius 1 is 1.42 bits per heavy atom. The highest BCUT2D eigenvalue weighted by Gasteiger charge is 2.28. The third-order valence-electron chi connectivity index (χ3n) is 4.39.